The Labute approximate surface area is 240 Å². The van der Waals surface area contributed by atoms with Crippen LogP contribution in [-0.2, 0) is 10.8 Å². The van der Waals surface area contributed by atoms with Crippen molar-refractivity contribution >= 4 is 23.6 Å². The Bertz CT molecular complexity index is 1430. The molecule has 3 aromatic rings. The van der Waals surface area contributed by atoms with Crippen LogP contribution in [-0.4, -0.2) is 8.07 Å². The average molecular weight is 535 g/mol. The average Bonchev–Trinajstić information content (AvgIpc) is 3.01. The summed E-state index contributed by atoms with van der Waals surface area (Å²) in [5.41, 5.74) is 11.4. The lowest BCUT2D eigenvalue weighted by molar-refractivity contribution is 0.569. The third-order valence-electron chi connectivity index (χ3n) is 9.42. The van der Waals surface area contributed by atoms with Gasteiger partial charge in [-0.2, -0.15) is 0 Å². The lowest BCUT2D eigenvalue weighted by Gasteiger charge is -2.48. The van der Waals surface area contributed by atoms with Gasteiger partial charge in [0.2, 0.25) is 0 Å². The quantitative estimate of drug-likeness (QED) is 0.232. The summed E-state index contributed by atoms with van der Waals surface area (Å²) in [5, 5.41) is 4.42. The lowest BCUT2D eigenvalue weighted by atomic mass is 9.81. The van der Waals surface area contributed by atoms with Crippen LogP contribution in [0.5, 0.6) is 0 Å². The monoisotopic (exact) mass is 534 g/mol. The fourth-order valence-electron chi connectivity index (χ4n) is 6.90. The summed E-state index contributed by atoms with van der Waals surface area (Å²) >= 11 is 0. The molecule has 0 saturated carbocycles. The molecule has 0 fully saturated rings. The minimum absolute atomic E-state index is 0.0500. The van der Waals surface area contributed by atoms with Gasteiger partial charge in [-0.25, -0.2) is 0 Å². The Morgan fingerprint density at radius 2 is 1.05 bits per heavy atom. The second kappa shape index (κ2) is 9.77. The van der Waals surface area contributed by atoms with Crippen molar-refractivity contribution < 1.29 is 0 Å². The van der Waals surface area contributed by atoms with Crippen molar-refractivity contribution in [1.29, 1.82) is 0 Å². The molecule has 2 atom stereocenters. The highest BCUT2D eigenvalue weighted by Crippen LogP contribution is 2.53. The molecule has 2 unspecified atom stereocenters. The fourth-order valence-corrected chi connectivity index (χ4v) is 13.3. The molecule has 0 spiro atoms. The molecule has 0 radical (unpaired) electrons. The van der Waals surface area contributed by atoms with Gasteiger partial charge in [-0.05, 0) is 84.6 Å². The first-order valence-electron chi connectivity index (χ1n) is 14.6. The molecule has 1 aliphatic carbocycles. The van der Waals surface area contributed by atoms with Crippen molar-refractivity contribution in [2.75, 3.05) is 0 Å². The van der Waals surface area contributed by atoms with Gasteiger partial charge in [0.15, 0.2) is 8.07 Å². The van der Waals surface area contributed by atoms with Gasteiger partial charge in [0.1, 0.15) is 0 Å². The van der Waals surface area contributed by atoms with E-state index in [0.717, 1.165) is 0 Å². The third-order valence-corrected chi connectivity index (χ3v) is 15.0. The van der Waals surface area contributed by atoms with Gasteiger partial charge >= 0.3 is 0 Å². The van der Waals surface area contributed by atoms with Gasteiger partial charge in [0, 0.05) is 5.04 Å². The second-order valence-electron chi connectivity index (χ2n) is 14.6. The van der Waals surface area contributed by atoms with E-state index in [0.29, 0.717) is 0 Å². The summed E-state index contributed by atoms with van der Waals surface area (Å²) in [7, 11) is -2.71. The van der Waals surface area contributed by atoms with Crippen molar-refractivity contribution in [2.45, 2.75) is 106 Å². The highest BCUT2D eigenvalue weighted by atomic mass is 28.3. The Hall–Kier alpha value is -2.64. The van der Waals surface area contributed by atoms with E-state index in [4.69, 9.17) is 0 Å². The molecule has 0 amide bonds. The van der Waals surface area contributed by atoms with Crippen LogP contribution in [0.4, 0.5) is 0 Å². The van der Waals surface area contributed by atoms with Crippen LogP contribution in [0.2, 0.25) is 5.04 Å². The van der Waals surface area contributed by atoms with Crippen LogP contribution in [0.3, 0.4) is 0 Å². The topological polar surface area (TPSA) is 0 Å². The lowest BCUT2D eigenvalue weighted by Crippen LogP contribution is -2.73. The van der Waals surface area contributed by atoms with Crippen LogP contribution in [0.15, 0.2) is 83.5 Å². The molecule has 1 heteroatoms. The first-order valence-corrected chi connectivity index (χ1v) is 16.6. The fraction of sp³-hybridized carbons (Fsp3) is 0.421. The Balaban J connectivity index is 2.34. The predicted molar refractivity (Wildman–Crippen MR) is 176 cm³/mol. The van der Waals surface area contributed by atoms with Gasteiger partial charge in [0.05, 0.1) is 0 Å². The van der Waals surface area contributed by atoms with E-state index < -0.39 is 8.07 Å². The van der Waals surface area contributed by atoms with E-state index in [1.165, 1.54) is 60.1 Å². The summed E-state index contributed by atoms with van der Waals surface area (Å²) < 4.78 is 0. The van der Waals surface area contributed by atoms with Crippen molar-refractivity contribution in [3.63, 3.8) is 0 Å². The molecule has 3 aromatic carbocycles. The zero-order valence-electron chi connectivity index (χ0n) is 26.9. The number of hydrogen-bond acceptors (Lipinski definition) is 0. The number of hydrogen-bond donors (Lipinski definition) is 0. The number of allylic oxidation sites excluding steroid dienone is 4. The molecule has 0 bridgehead atoms. The summed E-state index contributed by atoms with van der Waals surface area (Å²) in [6, 6.07) is 24.5. The van der Waals surface area contributed by atoms with Crippen LogP contribution in [0, 0.1) is 20.8 Å². The minimum atomic E-state index is -2.71. The van der Waals surface area contributed by atoms with Gasteiger partial charge in [-0.15, -0.1) is 0 Å². The van der Waals surface area contributed by atoms with Crippen molar-refractivity contribution in [3.05, 3.63) is 111 Å². The molecule has 4 rings (SSSR count). The Kier molecular flexibility index (Phi) is 7.35. The molecular formula is C38H50Si. The molecule has 0 aromatic heterocycles. The highest BCUT2D eigenvalue weighted by Gasteiger charge is 2.56. The van der Waals surface area contributed by atoms with Crippen molar-refractivity contribution in [1.82, 2.24) is 0 Å². The van der Waals surface area contributed by atoms with Crippen LogP contribution >= 0.6 is 0 Å². The van der Waals surface area contributed by atoms with E-state index in [9.17, 15) is 0 Å². The van der Waals surface area contributed by atoms with Gasteiger partial charge < -0.3 is 0 Å². The molecule has 0 N–H and O–H groups in total. The van der Waals surface area contributed by atoms with Crippen molar-refractivity contribution in [2.24, 2.45) is 0 Å². The van der Waals surface area contributed by atoms with Crippen LogP contribution < -0.4 is 15.6 Å². The maximum Gasteiger partial charge on any atom is 0.161 e. The van der Waals surface area contributed by atoms with Crippen LogP contribution in [0.25, 0.3) is 0 Å². The minimum Gasteiger partial charge on any atom is -0.0730 e. The van der Waals surface area contributed by atoms with E-state index in [1.54, 1.807) is 0 Å². The van der Waals surface area contributed by atoms with E-state index in [1.807, 2.05) is 0 Å². The van der Waals surface area contributed by atoms with Crippen LogP contribution in [0.1, 0.15) is 97.1 Å². The molecule has 206 valence electrons. The Morgan fingerprint density at radius 3 is 1.49 bits per heavy atom. The van der Waals surface area contributed by atoms with Gasteiger partial charge in [-0.1, -0.05) is 143 Å². The first kappa shape index (κ1) is 29.3. The van der Waals surface area contributed by atoms with Crippen molar-refractivity contribution in [3.8, 4) is 0 Å². The second-order valence-corrected chi connectivity index (χ2v) is 18.8. The molecule has 0 saturated heterocycles. The van der Waals surface area contributed by atoms with Gasteiger partial charge in [-0.3, -0.25) is 0 Å². The standard InChI is InChI=1S/C38H50Si/c1-25-15-14-16-33(18-25)39(34-19-26(2)17-27(3)20-34,38(13)24-28(4)29(5)30(38)6)35-22-31(36(7,8)9)21-32(23-35)37(10,11)12/h14-24H,1-13H3. The van der Waals surface area contributed by atoms with E-state index in [2.05, 4.69) is 157 Å². The molecular weight excluding hydrogens is 485 g/mol. The number of rotatable bonds is 4. The van der Waals surface area contributed by atoms with E-state index >= 15 is 0 Å². The molecule has 0 nitrogen and oxygen atoms in total. The smallest absolute Gasteiger partial charge is 0.0730 e. The summed E-state index contributed by atoms with van der Waals surface area (Å²) in [5.74, 6) is 0. The normalized spacial score (nSPS) is 19.8. The maximum absolute atomic E-state index is 2.71. The number of aryl methyl sites for hydroxylation is 3. The SMILES string of the molecule is CC1=CC(C)([Si](c2cccc(C)c2)(c2cc(C)cc(C)c2)c2cc(C(C)(C)C)cc(C(C)(C)C)c2)C(C)=C1C. The first-order chi connectivity index (χ1) is 17.9. The maximum atomic E-state index is 2.63. The summed E-state index contributed by atoms with van der Waals surface area (Å²) in [6.07, 6.45) is 2.63. The van der Waals surface area contributed by atoms with E-state index in [-0.39, 0.29) is 15.9 Å². The Morgan fingerprint density at radius 1 is 0.564 bits per heavy atom. The molecule has 1 aliphatic rings. The molecule has 0 aliphatic heterocycles. The third kappa shape index (κ3) is 4.93. The number of benzene rings is 3. The summed E-state index contributed by atoms with van der Waals surface area (Å²) in [6.45, 7) is 30.6. The molecule has 0 heterocycles. The largest absolute Gasteiger partial charge is 0.161 e. The van der Waals surface area contributed by atoms with Gasteiger partial charge in [0.25, 0.3) is 0 Å². The predicted octanol–water partition coefficient (Wildman–Crippen LogP) is 8.73. The zero-order chi connectivity index (χ0) is 29.1. The summed E-state index contributed by atoms with van der Waals surface area (Å²) in [4.78, 5) is 0. The zero-order valence-corrected chi connectivity index (χ0v) is 27.9. The highest BCUT2D eigenvalue weighted by molar-refractivity contribution is 7.14. The molecule has 39 heavy (non-hydrogen) atoms.